The number of ether oxygens (including phenoxy) is 1. The number of rotatable bonds is 4. The minimum Gasteiger partial charge on any atom is -0.496 e. The summed E-state index contributed by atoms with van der Waals surface area (Å²) in [5, 5.41) is 0. The van der Waals surface area contributed by atoms with Crippen molar-refractivity contribution in [2.24, 2.45) is 0 Å². The third-order valence-corrected chi connectivity index (χ3v) is 4.98. The lowest BCUT2D eigenvalue weighted by Gasteiger charge is -2.23. The standard InChI is InChI=1S/C23H26N2O3/c1-18(26)24-13-8-14-25(16-15-24)23(27)21(19-9-4-3-5-10-19)17-20-11-6-7-12-22(20)28-2/h3-7,9-12,17H,8,13-16H2,1-2H3/b21-17+. The molecule has 2 aromatic rings. The van der Waals surface area contributed by atoms with E-state index in [1.807, 2.05) is 65.6 Å². The Bertz CT molecular complexity index is 861. The molecule has 0 spiro atoms. The minimum atomic E-state index is -0.0255. The third kappa shape index (κ3) is 4.60. The van der Waals surface area contributed by atoms with Crippen LogP contribution in [-0.4, -0.2) is 54.9 Å². The second-order valence-corrected chi connectivity index (χ2v) is 6.82. The number of amides is 2. The SMILES string of the molecule is COc1ccccc1/C=C(/C(=O)N1CCCN(C(C)=O)CC1)c1ccccc1. The Morgan fingerprint density at radius 1 is 0.893 bits per heavy atom. The van der Waals surface area contributed by atoms with E-state index in [4.69, 9.17) is 4.74 Å². The monoisotopic (exact) mass is 378 g/mol. The second kappa shape index (κ2) is 9.22. The van der Waals surface area contributed by atoms with Crippen LogP contribution in [0.15, 0.2) is 54.6 Å². The van der Waals surface area contributed by atoms with Crippen LogP contribution in [0.4, 0.5) is 0 Å². The van der Waals surface area contributed by atoms with Gasteiger partial charge < -0.3 is 14.5 Å². The van der Waals surface area contributed by atoms with Crippen molar-refractivity contribution in [3.8, 4) is 5.75 Å². The van der Waals surface area contributed by atoms with Gasteiger partial charge >= 0.3 is 0 Å². The molecule has 0 atom stereocenters. The summed E-state index contributed by atoms with van der Waals surface area (Å²) in [6.07, 6.45) is 2.67. The van der Waals surface area contributed by atoms with Gasteiger partial charge in [0.25, 0.3) is 5.91 Å². The first-order valence-corrected chi connectivity index (χ1v) is 9.55. The smallest absolute Gasteiger partial charge is 0.254 e. The molecule has 1 aliphatic heterocycles. The van der Waals surface area contributed by atoms with E-state index in [1.165, 1.54) is 0 Å². The van der Waals surface area contributed by atoms with E-state index < -0.39 is 0 Å². The lowest BCUT2D eigenvalue weighted by atomic mass is 10.0. The molecule has 28 heavy (non-hydrogen) atoms. The zero-order chi connectivity index (χ0) is 19.9. The first kappa shape index (κ1) is 19.7. The van der Waals surface area contributed by atoms with Crippen molar-refractivity contribution in [1.82, 2.24) is 9.80 Å². The molecule has 1 saturated heterocycles. The maximum absolute atomic E-state index is 13.4. The fourth-order valence-corrected chi connectivity index (χ4v) is 3.43. The second-order valence-electron chi connectivity index (χ2n) is 6.82. The topological polar surface area (TPSA) is 49.9 Å². The molecule has 0 aromatic heterocycles. The maximum Gasteiger partial charge on any atom is 0.254 e. The van der Waals surface area contributed by atoms with Crippen LogP contribution in [0.3, 0.4) is 0 Å². The molecule has 1 heterocycles. The number of methoxy groups -OCH3 is 1. The minimum absolute atomic E-state index is 0.0255. The molecule has 0 unspecified atom stereocenters. The Morgan fingerprint density at radius 3 is 2.25 bits per heavy atom. The molecule has 1 aliphatic rings. The maximum atomic E-state index is 13.4. The Morgan fingerprint density at radius 2 is 1.54 bits per heavy atom. The van der Waals surface area contributed by atoms with E-state index >= 15 is 0 Å². The van der Waals surface area contributed by atoms with Crippen LogP contribution in [0.2, 0.25) is 0 Å². The van der Waals surface area contributed by atoms with Crippen LogP contribution in [0.5, 0.6) is 5.75 Å². The highest BCUT2D eigenvalue weighted by Crippen LogP contribution is 2.26. The van der Waals surface area contributed by atoms with Gasteiger partial charge in [-0.2, -0.15) is 0 Å². The number of hydrogen-bond donors (Lipinski definition) is 0. The highest BCUT2D eigenvalue weighted by Gasteiger charge is 2.24. The summed E-state index contributed by atoms with van der Waals surface area (Å²) in [7, 11) is 1.63. The van der Waals surface area contributed by atoms with Crippen LogP contribution >= 0.6 is 0 Å². The Labute approximate surface area is 166 Å². The van der Waals surface area contributed by atoms with E-state index in [-0.39, 0.29) is 11.8 Å². The number of para-hydroxylation sites is 1. The van der Waals surface area contributed by atoms with Gasteiger partial charge in [-0.05, 0) is 24.1 Å². The van der Waals surface area contributed by atoms with Crippen molar-refractivity contribution >= 4 is 23.5 Å². The molecule has 146 valence electrons. The molecule has 0 saturated carbocycles. The predicted molar refractivity (Wildman–Crippen MR) is 111 cm³/mol. The van der Waals surface area contributed by atoms with Crippen molar-refractivity contribution in [3.05, 3.63) is 65.7 Å². The van der Waals surface area contributed by atoms with Gasteiger partial charge in [0.05, 0.1) is 7.11 Å². The summed E-state index contributed by atoms with van der Waals surface area (Å²) in [5.74, 6) is 0.756. The number of carbonyl (C=O) groups is 2. The van der Waals surface area contributed by atoms with Crippen molar-refractivity contribution < 1.29 is 14.3 Å². The van der Waals surface area contributed by atoms with Crippen LogP contribution < -0.4 is 4.74 Å². The van der Waals surface area contributed by atoms with Gasteiger partial charge in [-0.25, -0.2) is 0 Å². The number of hydrogen-bond acceptors (Lipinski definition) is 3. The molecule has 5 nitrogen and oxygen atoms in total. The molecule has 2 amide bonds. The average Bonchev–Trinajstić information content (AvgIpc) is 2.99. The van der Waals surface area contributed by atoms with E-state index in [0.717, 1.165) is 23.3 Å². The van der Waals surface area contributed by atoms with Crippen molar-refractivity contribution in [2.75, 3.05) is 33.3 Å². The van der Waals surface area contributed by atoms with Gasteiger partial charge in [-0.1, -0.05) is 48.5 Å². The van der Waals surface area contributed by atoms with Crippen molar-refractivity contribution in [2.45, 2.75) is 13.3 Å². The van der Waals surface area contributed by atoms with E-state index in [0.29, 0.717) is 31.8 Å². The highest BCUT2D eigenvalue weighted by atomic mass is 16.5. The predicted octanol–water partition coefficient (Wildman–Crippen LogP) is 3.32. The lowest BCUT2D eigenvalue weighted by molar-refractivity contribution is -0.129. The Kier molecular flexibility index (Phi) is 6.48. The van der Waals surface area contributed by atoms with Gasteiger partial charge in [-0.3, -0.25) is 9.59 Å². The molecule has 2 aromatic carbocycles. The average molecular weight is 378 g/mol. The van der Waals surface area contributed by atoms with Gasteiger partial charge in [0.15, 0.2) is 0 Å². The first-order valence-electron chi connectivity index (χ1n) is 9.55. The Hall–Kier alpha value is -3.08. The zero-order valence-electron chi connectivity index (χ0n) is 16.4. The van der Waals surface area contributed by atoms with Gasteiger partial charge in [-0.15, -0.1) is 0 Å². The van der Waals surface area contributed by atoms with Crippen LogP contribution in [0, 0.1) is 0 Å². The molecule has 0 N–H and O–H groups in total. The van der Waals surface area contributed by atoms with E-state index in [1.54, 1.807) is 18.9 Å². The fraction of sp³-hybridized carbons (Fsp3) is 0.304. The first-order chi connectivity index (χ1) is 13.6. The van der Waals surface area contributed by atoms with E-state index in [9.17, 15) is 9.59 Å². The molecule has 5 heteroatoms. The third-order valence-electron chi connectivity index (χ3n) is 4.98. The summed E-state index contributed by atoms with van der Waals surface area (Å²) in [5.41, 5.74) is 2.35. The van der Waals surface area contributed by atoms with Gasteiger partial charge in [0, 0.05) is 44.2 Å². The number of nitrogens with zero attached hydrogens (tertiary/aromatic N) is 2. The largest absolute Gasteiger partial charge is 0.496 e. The fourth-order valence-electron chi connectivity index (χ4n) is 3.43. The summed E-state index contributed by atoms with van der Waals surface area (Å²) < 4.78 is 5.45. The van der Waals surface area contributed by atoms with Crippen LogP contribution in [-0.2, 0) is 9.59 Å². The zero-order valence-corrected chi connectivity index (χ0v) is 16.4. The van der Waals surface area contributed by atoms with Gasteiger partial charge in [0.2, 0.25) is 5.91 Å². The lowest BCUT2D eigenvalue weighted by Crippen LogP contribution is -2.36. The summed E-state index contributed by atoms with van der Waals surface area (Å²) in [6, 6.07) is 17.3. The normalized spacial score (nSPS) is 15.1. The summed E-state index contributed by atoms with van der Waals surface area (Å²) >= 11 is 0. The van der Waals surface area contributed by atoms with Crippen molar-refractivity contribution in [3.63, 3.8) is 0 Å². The molecular formula is C23H26N2O3. The van der Waals surface area contributed by atoms with Crippen molar-refractivity contribution in [1.29, 1.82) is 0 Å². The number of benzene rings is 2. The highest BCUT2D eigenvalue weighted by molar-refractivity contribution is 6.24. The summed E-state index contributed by atoms with van der Waals surface area (Å²) in [4.78, 5) is 28.8. The van der Waals surface area contributed by atoms with Gasteiger partial charge in [0.1, 0.15) is 5.75 Å². The quantitative estimate of drug-likeness (QED) is 0.606. The molecule has 0 aliphatic carbocycles. The summed E-state index contributed by atoms with van der Waals surface area (Å²) in [6.45, 7) is 4.01. The number of carbonyl (C=O) groups excluding carboxylic acids is 2. The molecule has 3 rings (SSSR count). The molecular weight excluding hydrogens is 352 g/mol. The Balaban J connectivity index is 1.94. The van der Waals surface area contributed by atoms with E-state index in [2.05, 4.69) is 0 Å². The molecule has 0 bridgehead atoms. The van der Waals surface area contributed by atoms with Crippen LogP contribution in [0.25, 0.3) is 11.6 Å². The molecule has 1 fully saturated rings. The van der Waals surface area contributed by atoms with Crippen LogP contribution in [0.1, 0.15) is 24.5 Å². The molecule has 0 radical (unpaired) electrons.